The smallest absolute Gasteiger partial charge is 0.465 e. The van der Waals surface area contributed by atoms with Crippen molar-refractivity contribution in [2.75, 3.05) is 12.4 Å². The molecule has 14 heteroatoms. The molecule has 0 radical (unpaired) electrons. The summed E-state index contributed by atoms with van der Waals surface area (Å²) in [6.45, 7) is 0. The van der Waals surface area contributed by atoms with Gasteiger partial charge in [-0.1, -0.05) is 6.07 Å². The minimum atomic E-state index is -5.02. The Morgan fingerprint density at radius 2 is 1.76 bits per heavy atom. The number of amides is 1. The number of alkyl halides is 6. The van der Waals surface area contributed by atoms with Gasteiger partial charge in [0.25, 0.3) is 0 Å². The number of carbonyl (C=O) groups excluding carboxylic acids is 2. The molecule has 196 valence electrons. The molecule has 0 atom stereocenters. The lowest BCUT2D eigenvalue weighted by Gasteiger charge is -2.18. The first-order valence-corrected chi connectivity index (χ1v) is 10.5. The molecule has 1 amide bonds. The number of nitrogens with zero attached hydrogens (tertiary/aromatic N) is 2. The van der Waals surface area contributed by atoms with Crippen LogP contribution in [0.15, 0.2) is 48.8 Å². The molecule has 0 aliphatic heterocycles. The van der Waals surface area contributed by atoms with Crippen LogP contribution >= 0.6 is 0 Å². The Morgan fingerprint density at radius 1 is 1.05 bits per heavy atom. The fraction of sp³-hybridized carbons (Fsp3) is 0.261. The lowest BCUT2D eigenvalue weighted by molar-refractivity contribution is -0.274. The number of benzene rings is 2. The van der Waals surface area contributed by atoms with Gasteiger partial charge in [-0.2, -0.15) is 18.3 Å². The molecule has 1 aliphatic carbocycles. The Morgan fingerprint density at radius 3 is 2.30 bits per heavy atom. The van der Waals surface area contributed by atoms with Crippen LogP contribution < -0.4 is 10.1 Å². The zero-order valence-electron chi connectivity index (χ0n) is 18.7. The monoisotopic (exact) mass is 531 g/mol. The molecule has 1 N–H and O–H groups in total. The average molecular weight is 531 g/mol. The van der Waals surface area contributed by atoms with Crippen molar-refractivity contribution in [2.45, 2.75) is 30.8 Å². The van der Waals surface area contributed by atoms with E-state index in [1.54, 1.807) is 0 Å². The molecule has 0 unspecified atom stereocenters. The van der Waals surface area contributed by atoms with Crippen LogP contribution in [0.1, 0.15) is 34.3 Å². The lowest BCUT2D eigenvalue weighted by Crippen LogP contribution is -2.29. The summed E-state index contributed by atoms with van der Waals surface area (Å²) in [6, 6.07) is 6.13. The van der Waals surface area contributed by atoms with E-state index in [9.17, 15) is 40.3 Å². The van der Waals surface area contributed by atoms with E-state index in [0.717, 1.165) is 30.0 Å². The SMILES string of the molecule is COC(=O)c1cc(NC(=O)C2(c3ccc(OC(F)(F)F)cc3F)CC2)ccc1-n1cc(C(F)(F)F)cn1. The van der Waals surface area contributed by atoms with Crippen molar-refractivity contribution in [3.8, 4) is 11.4 Å². The van der Waals surface area contributed by atoms with Gasteiger partial charge in [-0.25, -0.2) is 13.9 Å². The normalized spacial score (nSPS) is 14.7. The van der Waals surface area contributed by atoms with E-state index in [-0.39, 0.29) is 35.3 Å². The number of carbonyl (C=O) groups is 2. The van der Waals surface area contributed by atoms with Crippen LogP contribution in [-0.4, -0.2) is 35.1 Å². The van der Waals surface area contributed by atoms with Crippen molar-refractivity contribution in [2.24, 2.45) is 0 Å². The van der Waals surface area contributed by atoms with Crippen LogP contribution in [0.2, 0.25) is 0 Å². The Bertz CT molecular complexity index is 1360. The highest BCUT2D eigenvalue weighted by molar-refractivity contribution is 6.03. The van der Waals surface area contributed by atoms with Crippen molar-refractivity contribution in [3.05, 3.63) is 71.3 Å². The van der Waals surface area contributed by atoms with Crippen molar-refractivity contribution >= 4 is 17.6 Å². The maximum atomic E-state index is 14.6. The number of methoxy groups -OCH3 is 1. The van der Waals surface area contributed by atoms with Gasteiger partial charge in [0.2, 0.25) is 5.91 Å². The average Bonchev–Trinajstić information content (AvgIpc) is 3.44. The zero-order valence-corrected chi connectivity index (χ0v) is 18.7. The molecule has 0 saturated heterocycles. The molecule has 2 aromatic carbocycles. The number of esters is 1. The molecule has 37 heavy (non-hydrogen) atoms. The van der Waals surface area contributed by atoms with Crippen LogP contribution in [0, 0.1) is 5.82 Å². The summed E-state index contributed by atoms with van der Waals surface area (Å²) in [7, 11) is 1.05. The molecule has 0 bridgehead atoms. The van der Waals surface area contributed by atoms with Crippen molar-refractivity contribution < 1.29 is 49.8 Å². The van der Waals surface area contributed by atoms with E-state index >= 15 is 0 Å². The first-order chi connectivity index (χ1) is 17.2. The quantitative estimate of drug-likeness (QED) is 0.341. The lowest BCUT2D eigenvalue weighted by atomic mass is 9.94. The summed E-state index contributed by atoms with van der Waals surface area (Å²) in [5.41, 5.74) is -2.80. The number of ether oxygens (including phenoxy) is 2. The van der Waals surface area contributed by atoms with Crippen LogP contribution in [0.4, 0.5) is 36.4 Å². The largest absolute Gasteiger partial charge is 0.573 e. The summed E-state index contributed by atoms with van der Waals surface area (Å²) < 4.78 is 99.9. The van der Waals surface area contributed by atoms with Crippen molar-refractivity contribution in [1.29, 1.82) is 0 Å². The van der Waals surface area contributed by atoms with E-state index in [1.807, 2.05) is 0 Å². The summed E-state index contributed by atoms with van der Waals surface area (Å²) in [5.74, 6) is -3.48. The van der Waals surface area contributed by atoms with E-state index in [2.05, 4.69) is 19.9 Å². The van der Waals surface area contributed by atoms with Gasteiger partial charge in [-0.15, -0.1) is 13.2 Å². The third kappa shape index (κ3) is 5.37. The minimum Gasteiger partial charge on any atom is -0.465 e. The predicted octanol–water partition coefficient (Wildman–Crippen LogP) is 5.39. The molecule has 1 aromatic heterocycles. The molecule has 4 rings (SSSR count). The number of aromatic nitrogens is 2. The number of nitrogens with one attached hydrogen (secondary N) is 1. The Balaban J connectivity index is 1.60. The fourth-order valence-corrected chi connectivity index (χ4v) is 3.76. The number of halogens is 7. The van der Waals surface area contributed by atoms with Gasteiger partial charge in [0.15, 0.2) is 0 Å². The fourth-order valence-electron chi connectivity index (χ4n) is 3.76. The van der Waals surface area contributed by atoms with Crippen LogP contribution in [-0.2, 0) is 21.1 Å². The second kappa shape index (κ2) is 9.09. The number of hydrogen-bond donors (Lipinski definition) is 1. The van der Waals surface area contributed by atoms with E-state index in [0.29, 0.717) is 18.5 Å². The molecule has 0 spiro atoms. The topological polar surface area (TPSA) is 82.5 Å². The molecule has 3 aromatic rings. The third-order valence-electron chi connectivity index (χ3n) is 5.69. The predicted molar refractivity (Wildman–Crippen MR) is 113 cm³/mol. The second-order valence-corrected chi connectivity index (χ2v) is 8.12. The van der Waals surface area contributed by atoms with Crippen LogP contribution in [0.3, 0.4) is 0 Å². The minimum absolute atomic E-state index is 0.0426. The molecular weight excluding hydrogens is 515 g/mol. The number of rotatable bonds is 6. The number of hydrogen-bond acceptors (Lipinski definition) is 5. The van der Waals surface area contributed by atoms with E-state index in [1.165, 1.54) is 12.1 Å². The maximum absolute atomic E-state index is 14.6. The van der Waals surface area contributed by atoms with Crippen molar-refractivity contribution in [3.63, 3.8) is 0 Å². The standard InChI is InChI=1S/C23H16F7N3O4/c1-36-19(34)15-8-13(2-5-18(15)33-11-12(10-31-33)22(25,26)27)32-20(35)21(6-7-21)16-4-3-14(9-17(16)24)37-23(28,29)30/h2-5,8-11H,6-7H2,1H3,(H,32,35). The molecule has 1 fully saturated rings. The van der Waals surface area contributed by atoms with Gasteiger partial charge in [0, 0.05) is 23.5 Å². The van der Waals surface area contributed by atoms with Crippen LogP contribution in [0.25, 0.3) is 5.69 Å². The first-order valence-electron chi connectivity index (χ1n) is 10.5. The summed E-state index contributed by atoms with van der Waals surface area (Å²) in [5, 5.41) is 6.14. The molecule has 1 heterocycles. The van der Waals surface area contributed by atoms with Gasteiger partial charge in [-0.3, -0.25) is 4.79 Å². The summed E-state index contributed by atoms with van der Waals surface area (Å²) >= 11 is 0. The Hall–Kier alpha value is -4.10. The van der Waals surface area contributed by atoms with E-state index < -0.39 is 47.0 Å². The van der Waals surface area contributed by atoms with Crippen LogP contribution in [0.5, 0.6) is 5.75 Å². The van der Waals surface area contributed by atoms with Crippen molar-refractivity contribution in [1.82, 2.24) is 9.78 Å². The maximum Gasteiger partial charge on any atom is 0.573 e. The van der Waals surface area contributed by atoms with Gasteiger partial charge in [-0.05, 0) is 37.1 Å². The van der Waals surface area contributed by atoms with Gasteiger partial charge in [0.05, 0.1) is 35.5 Å². The van der Waals surface area contributed by atoms with Gasteiger partial charge < -0.3 is 14.8 Å². The third-order valence-corrected chi connectivity index (χ3v) is 5.69. The van der Waals surface area contributed by atoms with E-state index in [4.69, 9.17) is 0 Å². The number of anilines is 1. The molecule has 1 aliphatic rings. The molecule has 1 saturated carbocycles. The highest BCUT2D eigenvalue weighted by atomic mass is 19.4. The second-order valence-electron chi connectivity index (χ2n) is 8.12. The Labute approximate surface area is 203 Å². The highest BCUT2D eigenvalue weighted by Gasteiger charge is 2.53. The van der Waals surface area contributed by atoms with Gasteiger partial charge >= 0.3 is 18.5 Å². The Kier molecular flexibility index (Phi) is 6.38. The first kappa shape index (κ1) is 26.0. The summed E-state index contributed by atoms with van der Waals surface area (Å²) in [6.07, 6.45) is -8.03. The highest BCUT2D eigenvalue weighted by Crippen LogP contribution is 2.50. The molecular formula is C23H16F7N3O4. The van der Waals surface area contributed by atoms with Gasteiger partial charge in [0.1, 0.15) is 11.6 Å². The zero-order chi connectivity index (χ0) is 27.2. The summed E-state index contributed by atoms with van der Waals surface area (Å²) in [4.78, 5) is 25.4. The molecule has 7 nitrogen and oxygen atoms in total.